The van der Waals surface area contributed by atoms with Crippen molar-refractivity contribution in [3.8, 4) is 0 Å². The van der Waals surface area contributed by atoms with Crippen molar-refractivity contribution in [3.05, 3.63) is 54.1 Å². The second kappa shape index (κ2) is 6.82. The van der Waals surface area contributed by atoms with Gasteiger partial charge in [0, 0.05) is 27.0 Å². The van der Waals surface area contributed by atoms with Crippen LogP contribution in [0.4, 0.5) is 14.5 Å². The molecule has 0 heterocycles. The predicted octanol–water partition coefficient (Wildman–Crippen LogP) is 4.43. The smallest absolute Gasteiger partial charge is 0.126 e. The molecule has 0 atom stereocenters. The van der Waals surface area contributed by atoms with E-state index in [1.165, 1.54) is 24.3 Å². The van der Waals surface area contributed by atoms with Gasteiger partial charge in [-0.05, 0) is 42.5 Å². The Balaban J connectivity index is 1.79. The number of thioether (sulfide) groups is 2. The zero-order valence-electron chi connectivity index (χ0n) is 10.1. The highest BCUT2D eigenvalue weighted by Gasteiger charge is 2.00. The Morgan fingerprint density at radius 3 is 2.05 bits per heavy atom. The lowest BCUT2D eigenvalue weighted by Crippen LogP contribution is -1.89. The number of rotatable bonds is 5. The molecule has 0 aliphatic heterocycles. The molecule has 0 aliphatic rings. The fourth-order valence-corrected chi connectivity index (χ4v) is 3.40. The number of halogens is 2. The summed E-state index contributed by atoms with van der Waals surface area (Å²) in [7, 11) is 0. The maximum Gasteiger partial charge on any atom is 0.126 e. The van der Waals surface area contributed by atoms with Gasteiger partial charge in [0.05, 0.1) is 0 Å². The normalized spacial score (nSPS) is 10.6. The van der Waals surface area contributed by atoms with Crippen LogP contribution in [0.2, 0.25) is 0 Å². The average molecular weight is 297 g/mol. The van der Waals surface area contributed by atoms with Crippen molar-refractivity contribution >= 4 is 29.2 Å². The minimum Gasteiger partial charge on any atom is -0.399 e. The van der Waals surface area contributed by atoms with Crippen LogP contribution in [0.25, 0.3) is 0 Å². The number of nitrogens with two attached hydrogens (primary N) is 1. The third-order valence-electron chi connectivity index (χ3n) is 2.33. The van der Waals surface area contributed by atoms with Crippen LogP contribution in [0.3, 0.4) is 0 Å². The number of hydrogen-bond acceptors (Lipinski definition) is 3. The van der Waals surface area contributed by atoms with E-state index in [-0.39, 0.29) is 11.6 Å². The Bertz CT molecular complexity index is 523. The number of hydrogen-bond donors (Lipinski definition) is 1. The van der Waals surface area contributed by atoms with Crippen LogP contribution in [-0.4, -0.2) is 11.5 Å². The van der Waals surface area contributed by atoms with E-state index >= 15 is 0 Å². The molecule has 0 bridgehead atoms. The Hall–Kier alpha value is -1.20. The molecule has 100 valence electrons. The summed E-state index contributed by atoms with van der Waals surface area (Å²) in [5, 5.41) is 0. The van der Waals surface area contributed by atoms with Crippen LogP contribution in [-0.2, 0) is 0 Å². The topological polar surface area (TPSA) is 26.0 Å². The summed E-state index contributed by atoms with van der Waals surface area (Å²) in [5.41, 5.74) is 6.01. The lowest BCUT2D eigenvalue weighted by Gasteiger charge is -2.04. The first-order chi connectivity index (χ1) is 9.13. The molecule has 5 heteroatoms. The van der Waals surface area contributed by atoms with Gasteiger partial charge in [-0.25, -0.2) is 8.78 Å². The fourth-order valence-electron chi connectivity index (χ4n) is 1.52. The van der Waals surface area contributed by atoms with Crippen LogP contribution in [0.1, 0.15) is 0 Å². The molecule has 19 heavy (non-hydrogen) atoms. The van der Waals surface area contributed by atoms with Gasteiger partial charge in [0.15, 0.2) is 0 Å². The van der Waals surface area contributed by atoms with E-state index < -0.39 is 0 Å². The van der Waals surface area contributed by atoms with Gasteiger partial charge in [0.1, 0.15) is 11.6 Å². The molecule has 1 nitrogen and oxygen atoms in total. The van der Waals surface area contributed by atoms with Crippen LogP contribution < -0.4 is 5.73 Å². The van der Waals surface area contributed by atoms with E-state index in [1.54, 1.807) is 41.7 Å². The van der Waals surface area contributed by atoms with Crippen molar-refractivity contribution in [1.82, 2.24) is 0 Å². The number of benzene rings is 2. The Morgan fingerprint density at radius 2 is 1.42 bits per heavy atom. The molecule has 0 fully saturated rings. The lowest BCUT2D eigenvalue weighted by atomic mass is 10.3. The molecule has 2 aromatic rings. The largest absolute Gasteiger partial charge is 0.399 e. The summed E-state index contributed by atoms with van der Waals surface area (Å²) in [4.78, 5) is 1.86. The van der Waals surface area contributed by atoms with E-state index in [4.69, 9.17) is 5.73 Å². The molecule has 0 amide bonds. The van der Waals surface area contributed by atoms with Gasteiger partial charge < -0.3 is 5.73 Å². The van der Waals surface area contributed by atoms with Crippen LogP contribution in [0, 0.1) is 11.6 Å². The molecule has 0 aromatic heterocycles. The summed E-state index contributed by atoms with van der Waals surface area (Å²) in [5.74, 6) is 1.17. The van der Waals surface area contributed by atoms with Crippen molar-refractivity contribution in [2.45, 2.75) is 9.79 Å². The summed E-state index contributed by atoms with van der Waals surface area (Å²) in [6.45, 7) is 0. The van der Waals surface area contributed by atoms with Gasteiger partial charge in [-0.2, -0.15) is 0 Å². The highest BCUT2D eigenvalue weighted by molar-refractivity contribution is 8.03. The quantitative estimate of drug-likeness (QED) is 0.502. The van der Waals surface area contributed by atoms with E-state index in [0.29, 0.717) is 5.69 Å². The summed E-state index contributed by atoms with van der Waals surface area (Å²) in [6.07, 6.45) is 0. The fraction of sp³-hybridized carbons (Fsp3) is 0.143. The number of anilines is 1. The first kappa shape index (κ1) is 14.2. The third-order valence-corrected chi connectivity index (χ3v) is 4.58. The zero-order chi connectivity index (χ0) is 13.7. The van der Waals surface area contributed by atoms with Gasteiger partial charge in [0.2, 0.25) is 0 Å². The van der Waals surface area contributed by atoms with Crippen molar-refractivity contribution in [3.63, 3.8) is 0 Å². The molecule has 0 radical (unpaired) electrons. The molecule has 2 rings (SSSR count). The highest BCUT2D eigenvalue weighted by atomic mass is 32.2. The summed E-state index contributed by atoms with van der Waals surface area (Å²) in [6, 6.07) is 10.9. The summed E-state index contributed by atoms with van der Waals surface area (Å²) >= 11 is 3.20. The minimum atomic E-state index is -0.311. The zero-order valence-corrected chi connectivity index (χ0v) is 11.7. The molecule has 0 unspecified atom stereocenters. The molecule has 0 saturated heterocycles. The second-order valence-corrected chi connectivity index (χ2v) is 6.21. The maximum atomic E-state index is 13.1. The SMILES string of the molecule is Nc1cc(F)cc(SCCSc2ccc(F)cc2)c1. The lowest BCUT2D eigenvalue weighted by molar-refractivity contribution is 0.625. The van der Waals surface area contributed by atoms with E-state index in [0.717, 1.165) is 21.3 Å². The van der Waals surface area contributed by atoms with E-state index in [2.05, 4.69) is 0 Å². The van der Waals surface area contributed by atoms with Crippen LogP contribution in [0.15, 0.2) is 52.3 Å². The summed E-state index contributed by atoms with van der Waals surface area (Å²) < 4.78 is 25.8. The number of nitrogen functional groups attached to an aromatic ring is 1. The van der Waals surface area contributed by atoms with Crippen molar-refractivity contribution in [1.29, 1.82) is 0 Å². The molecule has 0 spiro atoms. The van der Waals surface area contributed by atoms with Crippen molar-refractivity contribution in [2.75, 3.05) is 17.2 Å². The Labute approximate surface area is 119 Å². The second-order valence-electron chi connectivity index (χ2n) is 3.87. The standard InChI is InChI=1S/C14H13F2NS2/c15-10-1-3-13(4-2-10)18-5-6-19-14-8-11(16)7-12(17)9-14/h1-4,7-9H,5-6,17H2. The third kappa shape index (κ3) is 4.76. The molecule has 2 aromatic carbocycles. The Morgan fingerprint density at radius 1 is 0.789 bits per heavy atom. The highest BCUT2D eigenvalue weighted by Crippen LogP contribution is 2.25. The van der Waals surface area contributed by atoms with Gasteiger partial charge in [-0.15, -0.1) is 23.5 Å². The predicted molar refractivity (Wildman–Crippen MR) is 78.7 cm³/mol. The average Bonchev–Trinajstić information content (AvgIpc) is 2.36. The van der Waals surface area contributed by atoms with Gasteiger partial charge in [-0.1, -0.05) is 0 Å². The van der Waals surface area contributed by atoms with Crippen molar-refractivity contribution in [2.24, 2.45) is 0 Å². The van der Waals surface area contributed by atoms with E-state index in [9.17, 15) is 8.78 Å². The first-order valence-corrected chi connectivity index (χ1v) is 7.68. The van der Waals surface area contributed by atoms with E-state index in [1.807, 2.05) is 0 Å². The van der Waals surface area contributed by atoms with Gasteiger partial charge in [0.25, 0.3) is 0 Å². The molecule has 0 saturated carbocycles. The van der Waals surface area contributed by atoms with Gasteiger partial charge in [-0.3, -0.25) is 0 Å². The molecule has 2 N–H and O–H groups in total. The van der Waals surface area contributed by atoms with Crippen molar-refractivity contribution < 1.29 is 8.78 Å². The van der Waals surface area contributed by atoms with Crippen LogP contribution in [0.5, 0.6) is 0 Å². The molecule has 0 aliphatic carbocycles. The Kier molecular flexibility index (Phi) is 5.10. The first-order valence-electron chi connectivity index (χ1n) is 5.71. The van der Waals surface area contributed by atoms with Gasteiger partial charge >= 0.3 is 0 Å². The van der Waals surface area contributed by atoms with Crippen LogP contribution >= 0.6 is 23.5 Å². The molecular formula is C14H13F2NS2. The maximum absolute atomic E-state index is 13.1. The minimum absolute atomic E-state index is 0.228. The monoisotopic (exact) mass is 297 g/mol. The molecular weight excluding hydrogens is 284 g/mol.